The maximum absolute atomic E-state index is 12.4. The molecule has 2 aliphatic heterocycles. The fourth-order valence-corrected chi connectivity index (χ4v) is 5.96. The molecule has 0 aromatic carbocycles. The van der Waals surface area contributed by atoms with Gasteiger partial charge in [-0.2, -0.15) is 0 Å². The normalized spacial score (nSPS) is 34.5. The van der Waals surface area contributed by atoms with E-state index in [1.165, 1.54) is 19.3 Å². The van der Waals surface area contributed by atoms with E-state index in [0.29, 0.717) is 0 Å². The first kappa shape index (κ1) is 36.2. The summed E-state index contributed by atoms with van der Waals surface area (Å²) in [4.78, 5) is 84.8. The lowest BCUT2D eigenvalue weighted by Crippen LogP contribution is -2.64. The molecule has 0 bridgehead atoms. The first-order valence-corrected chi connectivity index (χ1v) is 14.3. The van der Waals surface area contributed by atoms with E-state index in [1.807, 2.05) is 0 Å². The van der Waals surface area contributed by atoms with Gasteiger partial charge in [-0.15, -0.1) is 0 Å². The van der Waals surface area contributed by atoms with Gasteiger partial charge in [0.1, 0.15) is 18.8 Å². The first-order chi connectivity index (χ1) is 21.4. The van der Waals surface area contributed by atoms with E-state index >= 15 is 0 Å². The van der Waals surface area contributed by atoms with Gasteiger partial charge in [0, 0.05) is 54.4 Å². The van der Waals surface area contributed by atoms with Gasteiger partial charge in [0.25, 0.3) is 0 Å². The summed E-state index contributed by atoms with van der Waals surface area (Å²) in [5, 5.41) is 0. The van der Waals surface area contributed by atoms with Gasteiger partial charge in [-0.25, -0.2) is 0 Å². The van der Waals surface area contributed by atoms with Gasteiger partial charge in [-0.1, -0.05) is 0 Å². The van der Waals surface area contributed by atoms with Crippen molar-refractivity contribution in [3.8, 4) is 0 Å². The van der Waals surface area contributed by atoms with Crippen LogP contribution in [0, 0.1) is 11.8 Å². The molecular weight excluding hydrogens is 620 g/mol. The van der Waals surface area contributed by atoms with Crippen LogP contribution in [0.25, 0.3) is 0 Å². The second kappa shape index (κ2) is 14.9. The lowest BCUT2D eigenvalue weighted by molar-refractivity contribution is -0.349. The summed E-state index contributed by atoms with van der Waals surface area (Å²) in [7, 11) is 0. The second-order valence-electron chi connectivity index (χ2n) is 11.0. The van der Waals surface area contributed by atoms with Crippen LogP contribution in [0.15, 0.2) is 12.3 Å². The van der Waals surface area contributed by atoms with Crippen molar-refractivity contribution in [3.63, 3.8) is 0 Å². The van der Waals surface area contributed by atoms with E-state index < -0.39 is 115 Å². The van der Waals surface area contributed by atoms with Crippen LogP contribution in [0.2, 0.25) is 0 Å². The summed E-state index contributed by atoms with van der Waals surface area (Å²) in [5.74, 6) is -7.41. The summed E-state index contributed by atoms with van der Waals surface area (Å²) >= 11 is 0. The highest BCUT2D eigenvalue weighted by Gasteiger charge is 2.68. The lowest BCUT2D eigenvalue weighted by atomic mass is 9.84. The van der Waals surface area contributed by atoms with Gasteiger partial charge < -0.3 is 47.4 Å². The molecule has 17 nitrogen and oxygen atoms in total. The predicted molar refractivity (Wildman–Crippen MR) is 145 cm³/mol. The lowest BCUT2D eigenvalue weighted by Gasteiger charge is -2.46. The molecule has 0 amide bonds. The SMILES string of the molecule is CC(=O)OC[C@@H]1O[C@H](O[C@@H]2OC=C[C@H]3[C@@H](OC(C)=O)[C@H](OC(C)=O)[C@](C)(OC(C)=O)[C@@H]23)[C@@H](OC(C)=O)[C@H](OC(C)=O)[C@H]1OC(C)=O. The van der Waals surface area contributed by atoms with Gasteiger partial charge in [0.05, 0.1) is 12.2 Å². The Balaban J connectivity index is 2.11. The Bertz CT molecular complexity index is 1240. The van der Waals surface area contributed by atoms with Crippen LogP contribution in [-0.4, -0.2) is 103 Å². The molecule has 0 spiro atoms. The number of ether oxygens (including phenoxy) is 10. The molecule has 0 aromatic heterocycles. The molecular formula is C29H38O17. The molecule has 3 rings (SSSR count). The van der Waals surface area contributed by atoms with Crippen molar-refractivity contribution in [2.75, 3.05) is 6.61 Å². The summed E-state index contributed by atoms with van der Waals surface area (Å²) in [6.45, 7) is 8.65. The molecule has 0 aromatic rings. The molecule has 0 N–H and O–H groups in total. The summed E-state index contributed by atoms with van der Waals surface area (Å²) in [6, 6.07) is 0. The minimum absolute atomic E-state index is 0.511. The quantitative estimate of drug-likeness (QED) is 0.229. The van der Waals surface area contributed by atoms with E-state index in [4.69, 9.17) is 47.4 Å². The highest BCUT2D eigenvalue weighted by Crippen LogP contribution is 2.51. The molecule has 1 saturated heterocycles. The van der Waals surface area contributed by atoms with Crippen LogP contribution in [0.5, 0.6) is 0 Å². The minimum Gasteiger partial charge on any atom is -0.472 e. The Labute approximate surface area is 264 Å². The second-order valence-corrected chi connectivity index (χ2v) is 11.0. The number of rotatable bonds is 10. The zero-order chi connectivity index (χ0) is 34.5. The fraction of sp³-hybridized carbons (Fsp3) is 0.690. The monoisotopic (exact) mass is 658 g/mol. The topological polar surface area (TPSA) is 212 Å². The highest BCUT2D eigenvalue weighted by atomic mass is 16.8. The zero-order valence-corrected chi connectivity index (χ0v) is 26.6. The number of esters is 7. The molecule has 2 heterocycles. The predicted octanol–water partition coefficient (Wildman–Crippen LogP) is 0.387. The third-order valence-electron chi connectivity index (χ3n) is 7.30. The van der Waals surface area contributed by atoms with Gasteiger partial charge in [-0.3, -0.25) is 33.6 Å². The summed E-state index contributed by atoms with van der Waals surface area (Å²) in [6.07, 6.45) is -8.79. The van der Waals surface area contributed by atoms with E-state index in [0.717, 1.165) is 48.5 Å². The molecule has 0 radical (unpaired) electrons. The van der Waals surface area contributed by atoms with Crippen molar-refractivity contribution in [1.82, 2.24) is 0 Å². The van der Waals surface area contributed by atoms with E-state index in [2.05, 4.69) is 0 Å². The molecule has 2 fully saturated rings. The van der Waals surface area contributed by atoms with Crippen molar-refractivity contribution in [1.29, 1.82) is 0 Å². The van der Waals surface area contributed by atoms with Crippen molar-refractivity contribution >= 4 is 41.8 Å². The molecule has 11 atom stereocenters. The van der Waals surface area contributed by atoms with Gasteiger partial charge in [0.2, 0.25) is 12.6 Å². The Morgan fingerprint density at radius 3 is 1.67 bits per heavy atom. The number of carbonyl (C=O) groups excluding carboxylic acids is 7. The zero-order valence-electron chi connectivity index (χ0n) is 26.6. The Hall–Kier alpha value is -4.25. The maximum atomic E-state index is 12.4. The van der Waals surface area contributed by atoms with Crippen molar-refractivity contribution in [2.24, 2.45) is 11.8 Å². The Morgan fingerprint density at radius 1 is 0.630 bits per heavy atom. The largest absolute Gasteiger partial charge is 0.472 e. The third-order valence-corrected chi connectivity index (χ3v) is 7.30. The average Bonchev–Trinajstić information content (AvgIpc) is 3.12. The minimum atomic E-state index is -1.74. The maximum Gasteiger partial charge on any atom is 0.303 e. The van der Waals surface area contributed by atoms with Crippen LogP contribution in [0.1, 0.15) is 55.4 Å². The molecule has 0 unspecified atom stereocenters. The highest BCUT2D eigenvalue weighted by molar-refractivity contribution is 5.70. The summed E-state index contributed by atoms with van der Waals surface area (Å²) < 4.78 is 56.2. The molecule has 17 heteroatoms. The third kappa shape index (κ3) is 8.51. The van der Waals surface area contributed by atoms with Gasteiger partial charge in [0.15, 0.2) is 30.0 Å². The van der Waals surface area contributed by atoms with Crippen LogP contribution < -0.4 is 0 Å². The molecule has 1 saturated carbocycles. The average molecular weight is 659 g/mol. The molecule has 46 heavy (non-hydrogen) atoms. The van der Waals surface area contributed by atoms with Crippen LogP contribution in [-0.2, 0) is 80.9 Å². The van der Waals surface area contributed by atoms with E-state index in [9.17, 15) is 33.6 Å². The van der Waals surface area contributed by atoms with Crippen LogP contribution in [0.3, 0.4) is 0 Å². The van der Waals surface area contributed by atoms with Gasteiger partial charge in [-0.05, 0) is 13.0 Å². The van der Waals surface area contributed by atoms with Crippen molar-refractivity contribution in [2.45, 2.75) is 110 Å². The first-order valence-electron chi connectivity index (χ1n) is 14.3. The Kier molecular flexibility index (Phi) is 11.7. The number of fused-ring (bicyclic) bond motifs is 1. The van der Waals surface area contributed by atoms with Crippen LogP contribution >= 0.6 is 0 Å². The van der Waals surface area contributed by atoms with Crippen molar-refractivity contribution in [3.05, 3.63) is 12.3 Å². The fourth-order valence-electron chi connectivity index (χ4n) is 5.96. The van der Waals surface area contributed by atoms with Crippen LogP contribution in [0.4, 0.5) is 0 Å². The van der Waals surface area contributed by atoms with E-state index in [-0.39, 0.29) is 0 Å². The molecule has 1 aliphatic carbocycles. The number of carbonyl (C=O) groups is 7. The Morgan fingerprint density at radius 2 is 1.15 bits per heavy atom. The smallest absolute Gasteiger partial charge is 0.303 e. The number of hydrogen-bond acceptors (Lipinski definition) is 17. The molecule has 3 aliphatic rings. The standard InChI is InChI=1S/C29H38O17/c1-12(30)38-11-20-23(40-14(3)32)24(41-15(4)33)25(42-16(5)34)28(44-20)45-27-21-19(9-10-37-27)22(39-13(2)31)26(43-17(6)35)29(21,8)46-18(7)36/h9-10,19-28H,11H2,1-8H3/t19-,20+,21-,22-,23+,24-,25+,26+,27+,28-,29-/m1/s1. The molecule has 256 valence electrons. The van der Waals surface area contributed by atoms with Gasteiger partial charge >= 0.3 is 41.8 Å². The number of hydrogen-bond donors (Lipinski definition) is 0. The van der Waals surface area contributed by atoms with E-state index in [1.54, 1.807) is 0 Å². The van der Waals surface area contributed by atoms with Crippen molar-refractivity contribution < 1.29 is 80.9 Å². The summed E-state index contributed by atoms with van der Waals surface area (Å²) in [5.41, 5.74) is -1.74.